The number of hydrogen-bond acceptors (Lipinski definition) is 8. The number of benzene rings is 2. The molecule has 176 valence electrons. The molecule has 1 amide bonds. The lowest BCUT2D eigenvalue weighted by molar-refractivity contribution is -0.114. The van der Waals surface area contributed by atoms with E-state index in [1.807, 2.05) is 31.2 Å². The summed E-state index contributed by atoms with van der Waals surface area (Å²) in [6.07, 6.45) is 2.44. The fourth-order valence-corrected chi connectivity index (χ4v) is 4.89. The third kappa shape index (κ3) is 5.32. The SMILES string of the molecule is Cc1ccc(OCCOc2ccc(/C=C3/C(=N)N4N=C(S(C)(=O)=O)SC4=NC3=O)cc2Cl)cc1. The number of thioether (sulfide) groups is 1. The summed E-state index contributed by atoms with van der Waals surface area (Å²) >= 11 is 7.06. The molecule has 12 heteroatoms. The number of nitrogens with zero attached hydrogens (tertiary/aromatic N) is 3. The molecular formula is C22H19ClN4O5S2. The zero-order valence-corrected chi connectivity index (χ0v) is 20.5. The summed E-state index contributed by atoms with van der Waals surface area (Å²) in [5, 5.41) is 13.6. The van der Waals surface area contributed by atoms with Crippen LogP contribution in [-0.2, 0) is 14.6 Å². The number of rotatable bonds is 6. The van der Waals surface area contributed by atoms with Gasteiger partial charge in [0.05, 0.1) is 10.6 Å². The van der Waals surface area contributed by atoms with Crippen LogP contribution in [0.1, 0.15) is 11.1 Å². The number of sulfone groups is 1. The van der Waals surface area contributed by atoms with Crippen LogP contribution in [0.2, 0.25) is 5.02 Å². The number of halogens is 1. The summed E-state index contributed by atoms with van der Waals surface area (Å²) in [6.45, 7) is 2.61. The van der Waals surface area contributed by atoms with E-state index in [4.69, 9.17) is 26.5 Å². The maximum Gasteiger partial charge on any atom is 0.283 e. The number of ether oxygens (including phenoxy) is 2. The van der Waals surface area contributed by atoms with Crippen molar-refractivity contribution in [2.45, 2.75) is 6.92 Å². The van der Waals surface area contributed by atoms with Gasteiger partial charge in [-0.1, -0.05) is 35.4 Å². The monoisotopic (exact) mass is 518 g/mol. The van der Waals surface area contributed by atoms with Crippen LogP contribution in [-0.4, -0.2) is 54.2 Å². The smallest absolute Gasteiger partial charge is 0.283 e. The first-order chi connectivity index (χ1) is 16.1. The van der Waals surface area contributed by atoms with Gasteiger partial charge in [-0.25, -0.2) is 8.42 Å². The Kier molecular flexibility index (Phi) is 6.78. The Morgan fingerprint density at radius 1 is 1.15 bits per heavy atom. The molecule has 1 N–H and O–H groups in total. The molecule has 0 aromatic heterocycles. The van der Waals surface area contributed by atoms with Crippen molar-refractivity contribution in [1.29, 1.82) is 5.41 Å². The van der Waals surface area contributed by atoms with Crippen molar-refractivity contribution < 1.29 is 22.7 Å². The lowest BCUT2D eigenvalue weighted by atomic mass is 10.1. The van der Waals surface area contributed by atoms with Gasteiger partial charge in [0.2, 0.25) is 19.4 Å². The number of nitrogens with one attached hydrogen (secondary N) is 1. The van der Waals surface area contributed by atoms with E-state index in [0.29, 0.717) is 22.9 Å². The summed E-state index contributed by atoms with van der Waals surface area (Å²) in [7, 11) is -3.59. The normalized spacial score (nSPS) is 16.9. The lowest BCUT2D eigenvalue weighted by Crippen LogP contribution is -2.35. The highest BCUT2D eigenvalue weighted by atomic mass is 35.5. The van der Waals surface area contributed by atoms with Crippen LogP contribution >= 0.6 is 23.4 Å². The third-order valence-electron chi connectivity index (χ3n) is 4.65. The number of fused-ring (bicyclic) bond motifs is 1. The van der Waals surface area contributed by atoms with E-state index in [-0.39, 0.29) is 27.6 Å². The molecule has 2 aromatic carbocycles. The van der Waals surface area contributed by atoms with E-state index in [0.717, 1.165) is 34.3 Å². The third-order valence-corrected chi connectivity index (χ3v) is 7.52. The Morgan fingerprint density at radius 3 is 2.53 bits per heavy atom. The fraction of sp³-hybridized carbons (Fsp3) is 0.182. The molecular weight excluding hydrogens is 500 g/mol. The molecule has 0 bridgehead atoms. The van der Waals surface area contributed by atoms with Gasteiger partial charge in [0.15, 0.2) is 5.84 Å². The van der Waals surface area contributed by atoms with E-state index >= 15 is 0 Å². The summed E-state index contributed by atoms with van der Waals surface area (Å²) < 4.78 is 34.6. The molecule has 2 aliphatic heterocycles. The second kappa shape index (κ2) is 9.61. The number of amidine groups is 2. The van der Waals surface area contributed by atoms with Gasteiger partial charge in [-0.3, -0.25) is 10.2 Å². The highest BCUT2D eigenvalue weighted by molar-refractivity contribution is 8.42. The quantitative estimate of drug-likeness (QED) is 0.456. The Bertz CT molecular complexity index is 1370. The van der Waals surface area contributed by atoms with E-state index in [9.17, 15) is 13.2 Å². The number of carbonyl (C=O) groups excluding carboxylic acids is 1. The van der Waals surface area contributed by atoms with Crippen LogP contribution < -0.4 is 9.47 Å². The molecule has 0 saturated heterocycles. The minimum Gasteiger partial charge on any atom is -0.490 e. The zero-order chi connectivity index (χ0) is 24.5. The average molecular weight is 519 g/mol. The van der Waals surface area contributed by atoms with Gasteiger partial charge in [0, 0.05) is 6.26 Å². The second-order valence-electron chi connectivity index (χ2n) is 7.36. The number of aryl methyl sites for hydroxylation is 1. The zero-order valence-electron chi connectivity index (χ0n) is 18.1. The first-order valence-electron chi connectivity index (χ1n) is 9.94. The predicted octanol–water partition coefficient (Wildman–Crippen LogP) is 3.73. The number of hydrogen-bond donors (Lipinski definition) is 1. The van der Waals surface area contributed by atoms with Crippen LogP contribution in [0.3, 0.4) is 0 Å². The molecule has 0 radical (unpaired) electrons. The molecule has 4 rings (SSSR count). The first kappa shape index (κ1) is 24.0. The molecule has 0 saturated carbocycles. The molecule has 2 aromatic rings. The number of amides is 1. The average Bonchev–Trinajstić information content (AvgIpc) is 3.21. The van der Waals surface area contributed by atoms with Gasteiger partial charge in [0.1, 0.15) is 24.7 Å². The maximum absolute atomic E-state index is 12.5. The standard InChI is InChI=1S/C22H19ClN4O5S2/c1-13-3-6-15(7-4-13)31-9-10-32-18-8-5-14(12-17(18)23)11-16-19(24)27-21(25-20(16)28)33-22(26-27)34(2,29)30/h3-8,11-12,24H,9-10H2,1-2H3/b16-11-,24-19?. The Balaban J connectivity index is 1.43. The van der Waals surface area contributed by atoms with Crippen molar-refractivity contribution in [2.24, 2.45) is 10.1 Å². The van der Waals surface area contributed by atoms with Crippen molar-refractivity contribution in [3.8, 4) is 11.5 Å². The van der Waals surface area contributed by atoms with Crippen molar-refractivity contribution in [2.75, 3.05) is 19.5 Å². The summed E-state index contributed by atoms with van der Waals surface area (Å²) in [5.41, 5.74) is 1.65. The van der Waals surface area contributed by atoms with Gasteiger partial charge < -0.3 is 9.47 Å². The molecule has 0 fully saturated rings. The first-order valence-corrected chi connectivity index (χ1v) is 13.0. The van der Waals surface area contributed by atoms with Crippen LogP contribution in [0, 0.1) is 12.3 Å². The van der Waals surface area contributed by atoms with E-state index in [1.54, 1.807) is 18.2 Å². The molecule has 0 unspecified atom stereocenters. The van der Waals surface area contributed by atoms with E-state index < -0.39 is 15.7 Å². The summed E-state index contributed by atoms with van der Waals surface area (Å²) in [6, 6.07) is 12.6. The molecule has 0 atom stereocenters. The molecule has 34 heavy (non-hydrogen) atoms. The van der Waals surface area contributed by atoms with Gasteiger partial charge in [-0.05, 0) is 54.6 Å². The van der Waals surface area contributed by atoms with Crippen LogP contribution in [0.15, 0.2) is 58.1 Å². The van der Waals surface area contributed by atoms with Crippen LogP contribution in [0.5, 0.6) is 11.5 Å². The molecule has 2 aliphatic rings. The minimum absolute atomic E-state index is 0.0298. The maximum atomic E-state index is 12.5. The van der Waals surface area contributed by atoms with Crippen LogP contribution in [0.25, 0.3) is 6.08 Å². The largest absolute Gasteiger partial charge is 0.490 e. The summed E-state index contributed by atoms with van der Waals surface area (Å²) in [5.74, 6) is 0.251. The van der Waals surface area contributed by atoms with Gasteiger partial charge in [0.25, 0.3) is 5.91 Å². The predicted molar refractivity (Wildman–Crippen MR) is 133 cm³/mol. The van der Waals surface area contributed by atoms with E-state index in [2.05, 4.69) is 10.1 Å². The van der Waals surface area contributed by atoms with Gasteiger partial charge in [-0.2, -0.15) is 10.0 Å². The number of hydrazone groups is 1. The lowest BCUT2D eigenvalue weighted by Gasteiger charge is -2.20. The number of aliphatic imine (C=N–C) groups is 1. The van der Waals surface area contributed by atoms with Crippen molar-refractivity contribution in [3.63, 3.8) is 0 Å². The Hall–Kier alpha value is -3.15. The highest BCUT2D eigenvalue weighted by Gasteiger charge is 2.38. The second-order valence-corrected chi connectivity index (χ2v) is 10.9. The Morgan fingerprint density at radius 2 is 1.85 bits per heavy atom. The van der Waals surface area contributed by atoms with Crippen molar-refractivity contribution >= 4 is 60.6 Å². The van der Waals surface area contributed by atoms with Gasteiger partial charge >= 0.3 is 0 Å². The molecule has 9 nitrogen and oxygen atoms in total. The fourth-order valence-electron chi connectivity index (χ4n) is 2.96. The van der Waals surface area contributed by atoms with Crippen molar-refractivity contribution in [1.82, 2.24) is 5.01 Å². The van der Waals surface area contributed by atoms with Crippen LogP contribution in [0.4, 0.5) is 0 Å². The van der Waals surface area contributed by atoms with Crippen molar-refractivity contribution in [3.05, 3.63) is 64.2 Å². The molecule has 0 spiro atoms. The minimum atomic E-state index is -3.59. The Labute approximate surface area is 205 Å². The van der Waals surface area contributed by atoms with Gasteiger partial charge in [-0.15, -0.1) is 5.10 Å². The highest BCUT2D eigenvalue weighted by Crippen LogP contribution is 2.31. The summed E-state index contributed by atoms with van der Waals surface area (Å²) in [4.78, 5) is 16.3. The van der Waals surface area contributed by atoms with E-state index in [1.165, 1.54) is 6.08 Å². The topological polar surface area (TPSA) is 121 Å². The molecule has 0 aliphatic carbocycles. The molecule has 2 heterocycles. The number of carbonyl (C=O) groups is 1.